The topological polar surface area (TPSA) is 26.3 Å². The van der Waals surface area contributed by atoms with Crippen molar-refractivity contribution in [2.75, 3.05) is 6.61 Å². The molecule has 0 atom stereocenters. The van der Waals surface area contributed by atoms with Crippen LogP contribution in [0.1, 0.15) is 26.3 Å². The molecule has 1 aromatic carbocycles. The highest BCUT2D eigenvalue weighted by Crippen LogP contribution is 2.26. The van der Waals surface area contributed by atoms with Crippen LogP contribution in [0.5, 0.6) is 0 Å². The largest absolute Gasteiger partial charge is 0.463 e. The fourth-order valence-electron chi connectivity index (χ4n) is 1.58. The van der Waals surface area contributed by atoms with Gasteiger partial charge < -0.3 is 4.74 Å². The van der Waals surface area contributed by atoms with Gasteiger partial charge in [-0.1, -0.05) is 13.8 Å². The summed E-state index contributed by atoms with van der Waals surface area (Å²) in [5.74, 6) is -11.8. The van der Waals surface area contributed by atoms with Gasteiger partial charge in [0.25, 0.3) is 0 Å². The highest BCUT2D eigenvalue weighted by Gasteiger charge is 2.26. The van der Waals surface area contributed by atoms with E-state index >= 15 is 0 Å². The molecule has 0 fully saturated rings. The van der Waals surface area contributed by atoms with Gasteiger partial charge in [-0.05, 0) is 18.9 Å². The zero-order valence-corrected chi connectivity index (χ0v) is 11.6. The smallest absolute Gasteiger partial charge is 0.334 e. The molecule has 21 heavy (non-hydrogen) atoms. The van der Waals surface area contributed by atoms with Gasteiger partial charge in [0, 0.05) is 5.57 Å². The summed E-state index contributed by atoms with van der Waals surface area (Å²) in [5.41, 5.74) is -1.36. The molecule has 0 radical (unpaired) electrons. The molecule has 0 aliphatic rings. The van der Waals surface area contributed by atoms with Crippen LogP contribution in [0.2, 0.25) is 0 Å². The molecule has 0 aliphatic carbocycles. The van der Waals surface area contributed by atoms with Crippen molar-refractivity contribution in [1.82, 2.24) is 0 Å². The summed E-state index contributed by atoms with van der Waals surface area (Å²) in [6.07, 6.45) is 0.624. The molecule has 0 aliphatic heterocycles. The van der Waals surface area contributed by atoms with Crippen LogP contribution in [0.3, 0.4) is 0 Å². The van der Waals surface area contributed by atoms with E-state index < -0.39 is 46.5 Å². The van der Waals surface area contributed by atoms with Crippen LogP contribution in [0.4, 0.5) is 22.0 Å². The molecule has 0 spiro atoms. The van der Waals surface area contributed by atoms with E-state index in [9.17, 15) is 26.7 Å². The summed E-state index contributed by atoms with van der Waals surface area (Å²) >= 11 is 0. The van der Waals surface area contributed by atoms with Crippen LogP contribution in [0, 0.1) is 35.0 Å². The summed E-state index contributed by atoms with van der Waals surface area (Å²) in [5, 5.41) is 0. The van der Waals surface area contributed by atoms with E-state index in [0.29, 0.717) is 6.08 Å². The molecule has 1 rings (SSSR count). The number of hydrogen-bond donors (Lipinski definition) is 0. The number of carbonyl (C=O) groups excluding carboxylic acids is 1. The maximum atomic E-state index is 13.6. The number of halogens is 5. The molecule has 0 aromatic heterocycles. The lowest BCUT2D eigenvalue weighted by molar-refractivity contribution is -0.138. The van der Waals surface area contributed by atoms with E-state index in [0.717, 1.165) is 0 Å². The van der Waals surface area contributed by atoms with Crippen molar-refractivity contribution in [3.8, 4) is 0 Å². The zero-order valence-electron chi connectivity index (χ0n) is 11.6. The molecule has 7 heteroatoms. The molecule has 0 heterocycles. The van der Waals surface area contributed by atoms with Gasteiger partial charge in [-0.2, -0.15) is 0 Å². The van der Waals surface area contributed by atoms with Gasteiger partial charge in [-0.3, -0.25) is 0 Å². The molecule has 0 unspecified atom stereocenters. The van der Waals surface area contributed by atoms with Crippen LogP contribution in [-0.4, -0.2) is 12.6 Å². The molecule has 2 nitrogen and oxygen atoms in total. The Hall–Kier alpha value is -1.92. The number of rotatable bonds is 4. The molecular weight excluding hydrogens is 295 g/mol. The molecule has 0 saturated carbocycles. The van der Waals surface area contributed by atoms with Gasteiger partial charge in [0.2, 0.25) is 5.82 Å². The first kappa shape index (κ1) is 17.1. The van der Waals surface area contributed by atoms with E-state index in [1.165, 1.54) is 20.8 Å². The average Bonchev–Trinajstić information content (AvgIpc) is 2.43. The number of esters is 1. The molecule has 116 valence electrons. The van der Waals surface area contributed by atoms with E-state index in [1.807, 2.05) is 0 Å². The Labute approximate surface area is 118 Å². The Bertz CT molecular complexity index is 565. The van der Waals surface area contributed by atoms with E-state index in [2.05, 4.69) is 4.74 Å². The van der Waals surface area contributed by atoms with Gasteiger partial charge >= 0.3 is 5.97 Å². The lowest BCUT2D eigenvalue weighted by Crippen LogP contribution is -2.13. The summed E-state index contributed by atoms with van der Waals surface area (Å²) in [7, 11) is 0. The Morgan fingerprint density at radius 2 is 1.43 bits per heavy atom. The molecular formula is C14H13F5O2. The van der Waals surface area contributed by atoms with Crippen LogP contribution in [-0.2, 0) is 9.53 Å². The van der Waals surface area contributed by atoms with Crippen molar-refractivity contribution in [2.45, 2.75) is 20.8 Å². The third-order valence-corrected chi connectivity index (χ3v) is 2.68. The number of ether oxygens (including phenoxy) is 1. The van der Waals surface area contributed by atoms with E-state index in [1.54, 1.807) is 0 Å². The van der Waals surface area contributed by atoms with E-state index in [-0.39, 0.29) is 12.2 Å². The summed E-state index contributed by atoms with van der Waals surface area (Å²) in [6, 6.07) is 0. The van der Waals surface area contributed by atoms with Crippen molar-refractivity contribution >= 4 is 12.0 Å². The highest BCUT2D eigenvalue weighted by atomic mass is 19.2. The van der Waals surface area contributed by atoms with Crippen LogP contribution in [0.25, 0.3) is 6.08 Å². The lowest BCUT2D eigenvalue weighted by Gasteiger charge is -2.11. The van der Waals surface area contributed by atoms with Gasteiger partial charge in [-0.25, -0.2) is 26.7 Å². The highest BCUT2D eigenvalue weighted by molar-refractivity contribution is 5.94. The summed E-state index contributed by atoms with van der Waals surface area (Å²) < 4.78 is 70.9. The van der Waals surface area contributed by atoms with Crippen LogP contribution in [0.15, 0.2) is 5.57 Å². The third-order valence-electron chi connectivity index (χ3n) is 2.68. The maximum absolute atomic E-state index is 13.6. The number of benzene rings is 1. The Balaban J connectivity index is 3.51. The monoisotopic (exact) mass is 308 g/mol. The second kappa shape index (κ2) is 6.69. The fourth-order valence-corrected chi connectivity index (χ4v) is 1.58. The second-order valence-electron chi connectivity index (χ2n) is 4.46. The van der Waals surface area contributed by atoms with Gasteiger partial charge in [0.1, 0.15) is 0 Å². The minimum Gasteiger partial charge on any atom is -0.463 e. The number of carbonyl (C=O) groups is 1. The van der Waals surface area contributed by atoms with Gasteiger partial charge in [0.15, 0.2) is 23.3 Å². The Morgan fingerprint density at radius 3 is 1.81 bits per heavy atom. The quantitative estimate of drug-likeness (QED) is 0.276. The minimum absolute atomic E-state index is 0.0139. The maximum Gasteiger partial charge on any atom is 0.334 e. The van der Waals surface area contributed by atoms with Crippen molar-refractivity contribution in [3.05, 3.63) is 40.2 Å². The predicted molar refractivity (Wildman–Crippen MR) is 65.7 cm³/mol. The van der Waals surface area contributed by atoms with Gasteiger partial charge in [0.05, 0.1) is 12.2 Å². The Kier molecular flexibility index (Phi) is 5.46. The van der Waals surface area contributed by atoms with E-state index in [4.69, 9.17) is 0 Å². The normalized spacial score (nSPS) is 12.0. The molecule has 0 saturated heterocycles. The van der Waals surface area contributed by atoms with Crippen LogP contribution >= 0.6 is 0 Å². The molecule has 0 bridgehead atoms. The average molecular weight is 308 g/mol. The van der Waals surface area contributed by atoms with Crippen molar-refractivity contribution in [1.29, 1.82) is 0 Å². The fraction of sp³-hybridized carbons (Fsp3) is 0.357. The number of hydrogen-bond acceptors (Lipinski definition) is 2. The Morgan fingerprint density at radius 1 is 1.00 bits per heavy atom. The lowest BCUT2D eigenvalue weighted by atomic mass is 9.99. The molecule has 0 amide bonds. The second-order valence-corrected chi connectivity index (χ2v) is 4.46. The SMILES string of the molecule is CCOC(=O)/C(=C/c1c(F)c(F)c(F)c(F)c1F)C(C)C. The molecule has 0 N–H and O–H groups in total. The summed E-state index contributed by atoms with van der Waals surface area (Å²) in [6.45, 7) is 4.58. The first-order chi connectivity index (χ1) is 9.72. The standard InChI is InChI=1S/C14H13F5O2/c1-4-21-14(20)7(6(2)3)5-8-9(15)11(17)13(19)12(18)10(8)16/h5-6H,4H2,1-3H3/b7-5+. The van der Waals surface area contributed by atoms with Crippen molar-refractivity contribution < 1.29 is 31.5 Å². The predicted octanol–water partition coefficient (Wildman–Crippen LogP) is 3.98. The van der Waals surface area contributed by atoms with Crippen molar-refractivity contribution in [2.24, 2.45) is 5.92 Å². The summed E-state index contributed by atoms with van der Waals surface area (Å²) in [4.78, 5) is 11.7. The first-order valence-electron chi connectivity index (χ1n) is 6.12. The van der Waals surface area contributed by atoms with Crippen molar-refractivity contribution in [3.63, 3.8) is 0 Å². The van der Waals surface area contributed by atoms with Gasteiger partial charge in [-0.15, -0.1) is 0 Å². The zero-order chi connectivity index (χ0) is 16.3. The molecule has 1 aromatic rings. The third kappa shape index (κ3) is 3.40. The minimum atomic E-state index is -2.25. The van der Waals surface area contributed by atoms with Crippen LogP contribution < -0.4 is 0 Å². The first-order valence-corrected chi connectivity index (χ1v) is 6.12.